The van der Waals surface area contributed by atoms with Gasteiger partial charge in [-0.2, -0.15) is 0 Å². The number of nitro benzene ring substituents is 1. The molecule has 5 heteroatoms. The summed E-state index contributed by atoms with van der Waals surface area (Å²) in [7, 11) is 0. The van der Waals surface area contributed by atoms with Crippen LogP contribution in [0.25, 0.3) is 0 Å². The van der Waals surface area contributed by atoms with Crippen LogP contribution in [0, 0.1) is 10.1 Å². The predicted molar refractivity (Wildman–Crippen MR) is 81.5 cm³/mol. The maximum Gasteiger partial charge on any atom is 0.270 e. The Morgan fingerprint density at radius 3 is 2.71 bits per heavy atom. The fourth-order valence-corrected chi connectivity index (χ4v) is 3.06. The number of hydrogen-bond donors (Lipinski definition) is 1. The van der Waals surface area contributed by atoms with Gasteiger partial charge in [0.2, 0.25) is 0 Å². The van der Waals surface area contributed by atoms with Gasteiger partial charge >= 0.3 is 0 Å². The van der Waals surface area contributed by atoms with Crippen molar-refractivity contribution in [3.05, 3.63) is 74.3 Å². The van der Waals surface area contributed by atoms with Crippen LogP contribution in [0.5, 0.6) is 0 Å². The van der Waals surface area contributed by atoms with E-state index < -0.39 is 0 Å². The standard InChI is InChI=1S/C16H15ClN2O2/c17-16-6-5-15(19(20)21)9-14(16)11-18-8-7-12-3-1-2-4-13(12)10-18/h1-6,9H,7-8,10-11H2/p+1. The van der Waals surface area contributed by atoms with Gasteiger partial charge in [0, 0.05) is 34.7 Å². The summed E-state index contributed by atoms with van der Waals surface area (Å²) in [5, 5.41) is 11.5. The molecule has 21 heavy (non-hydrogen) atoms. The van der Waals surface area contributed by atoms with E-state index in [2.05, 4.69) is 24.3 Å². The van der Waals surface area contributed by atoms with E-state index in [1.54, 1.807) is 12.1 Å². The van der Waals surface area contributed by atoms with Gasteiger partial charge in [0.1, 0.15) is 13.1 Å². The first-order chi connectivity index (χ1) is 10.1. The average molecular weight is 304 g/mol. The Bertz CT molecular complexity index is 688. The second-order valence-corrected chi connectivity index (χ2v) is 5.81. The summed E-state index contributed by atoms with van der Waals surface area (Å²) in [6.07, 6.45) is 1.04. The van der Waals surface area contributed by atoms with Crippen molar-refractivity contribution >= 4 is 17.3 Å². The highest BCUT2D eigenvalue weighted by Gasteiger charge is 2.21. The van der Waals surface area contributed by atoms with Crippen molar-refractivity contribution in [2.75, 3.05) is 6.54 Å². The highest BCUT2D eigenvalue weighted by atomic mass is 35.5. The maximum atomic E-state index is 10.9. The van der Waals surface area contributed by atoms with Crippen LogP contribution in [0.2, 0.25) is 5.02 Å². The monoisotopic (exact) mass is 303 g/mol. The molecule has 2 aromatic carbocycles. The molecule has 1 aliphatic rings. The number of hydrogen-bond acceptors (Lipinski definition) is 2. The van der Waals surface area contributed by atoms with Crippen molar-refractivity contribution < 1.29 is 9.82 Å². The van der Waals surface area contributed by atoms with E-state index in [-0.39, 0.29) is 10.6 Å². The van der Waals surface area contributed by atoms with E-state index in [0.29, 0.717) is 5.02 Å². The topological polar surface area (TPSA) is 47.6 Å². The van der Waals surface area contributed by atoms with E-state index in [4.69, 9.17) is 11.6 Å². The Kier molecular flexibility index (Phi) is 3.90. The van der Waals surface area contributed by atoms with Gasteiger partial charge in [-0.1, -0.05) is 35.9 Å². The van der Waals surface area contributed by atoms with Gasteiger partial charge in [0.25, 0.3) is 5.69 Å². The number of nitrogens with zero attached hydrogens (tertiary/aromatic N) is 1. The number of fused-ring (bicyclic) bond motifs is 1. The van der Waals surface area contributed by atoms with Crippen molar-refractivity contribution in [3.8, 4) is 0 Å². The quantitative estimate of drug-likeness (QED) is 0.699. The highest BCUT2D eigenvalue weighted by Crippen LogP contribution is 2.21. The Balaban J connectivity index is 1.79. The van der Waals surface area contributed by atoms with Gasteiger partial charge in [-0.05, 0) is 11.6 Å². The number of benzene rings is 2. The van der Waals surface area contributed by atoms with Gasteiger partial charge in [0.15, 0.2) is 0 Å². The minimum atomic E-state index is -0.374. The van der Waals surface area contributed by atoms with Crippen molar-refractivity contribution in [1.29, 1.82) is 0 Å². The fourth-order valence-electron chi connectivity index (χ4n) is 2.87. The summed E-state index contributed by atoms with van der Waals surface area (Å²) >= 11 is 6.18. The van der Waals surface area contributed by atoms with Crippen LogP contribution in [0.15, 0.2) is 42.5 Å². The molecule has 0 radical (unpaired) electrons. The molecule has 2 aromatic rings. The van der Waals surface area contributed by atoms with Crippen LogP contribution >= 0.6 is 11.6 Å². The Morgan fingerprint density at radius 2 is 1.95 bits per heavy atom. The molecular weight excluding hydrogens is 288 g/mol. The minimum absolute atomic E-state index is 0.103. The Morgan fingerprint density at radius 1 is 1.19 bits per heavy atom. The van der Waals surface area contributed by atoms with Gasteiger partial charge in [0.05, 0.1) is 11.5 Å². The average Bonchev–Trinajstić information content (AvgIpc) is 2.49. The number of quaternary nitrogens is 1. The van der Waals surface area contributed by atoms with E-state index in [1.165, 1.54) is 22.1 Å². The molecule has 1 atom stereocenters. The van der Waals surface area contributed by atoms with E-state index >= 15 is 0 Å². The summed E-state index contributed by atoms with van der Waals surface area (Å²) in [6, 6.07) is 13.1. The fraction of sp³-hybridized carbons (Fsp3) is 0.250. The third kappa shape index (κ3) is 3.06. The van der Waals surface area contributed by atoms with Gasteiger partial charge in [-0.25, -0.2) is 0 Å². The summed E-state index contributed by atoms with van der Waals surface area (Å²) in [5.41, 5.74) is 3.72. The lowest BCUT2D eigenvalue weighted by molar-refractivity contribution is -0.929. The molecule has 0 fully saturated rings. The van der Waals surface area contributed by atoms with Crippen LogP contribution in [-0.4, -0.2) is 11.5 Å². The molecule has 1 heterocycles. The summed E-state index contributed by atoms with van der Waals surface area (Å²) in [5.74, 6) is 0. The normalized spacial score (nSPS) is 17.3. The second-order valence-electron chi connectivity index (χ2n) is 5.41. The minimum Gasteiger partial charge on any atom is -0.327 e. The van der Waals surface area contributed by atoms with Gasteiger partial charge in [-0.15, -0.1) is 0 Å². The number of nitrogens with one attached hydrogen (secondary N) is 1. The third-order valence-corrected chi connectivity index (χ3v) is 4.36. The van der Waals surface area contributed by atoms with Crippen molar-refractivity contribution in [2.24, 2.45) is 0 Å². The number of rotatable bonds is 3. The van der Waals surface area contributed by atoms with Crippen LogP contribution in [0.1, 0.15) is 16.7 Å². The number of nitro groups is 1. The summed E-state index contributed by atoms with van der Waals surface area (Å²) < 4.78 is 0. The van der Waals surface area contributed by atoms with Crippen LogP contribution in [0.4, 0.5) is 5.69 Å². The third-order valence-electron chi connectivity index (χ3n) is 3.99. The molecule has 0 aliphatic carbocycles. The number of halogens is 1. The molecule has 0 saturated heterocycles. The maximum absolute atomic E-state index is 10.9. The zero-order chi connectivity index (χ0) is 14.8. The van der Waals surface area contributed by atoms with Gasteiger partial charge < -0.3 is 4.90 Å². The molecule has 1 N–H and O–H groups in total. The molecular formula is C16H16ClN2O2+. The van der Waals surface area contributed by atoms with Crippen molar-refractivity contribution in [3.63, 3.8) is 0 Å². The molecule has 0 saturated carbocycles. The first kappa shape index (κ1) is 14.0. The first-order valence-electron chi connectivity index (χ1n) is 6.96. The lowest BCUT2D eigenvalue weighted by atomic mass is 9.99. The molecule has 1 aliphatic heterocycles. The lowest BCUT2D eigenvalue weighted by Gasteiger charge is -2.26. The Labute approximate surface area is 128 Å². The molecule has 1 unspecified atom stereocenters. The largest absolute Gasteiger partial charge is 0.327 e. The highest BCUT2D eigenvalue weighted by molar-refractivity contribution is 6.31. The SMILES string of the molecule is O=[N+]([O-])c1ccc(Cl)c(C[NH+]2CCc3ccccc3C2)c1. The Hall–Kier alpha value is -1.91. The van der Waals surface area contributed by atoms with Crippen LogP contribution in [-0.2, 0) is 19.5 Å². The molecule has 3 rings (SSSR count). The van der Waals surface area contributed by atoms with E-state index in [1.807, 2.05) is 0 Å². The molecule has 0 spiro atoms. The summed E-state index contributed by atoms with van der Waals surface area (Å²) in [6.45, 7) is 2.68. The zero-order valence-corrected chi connectivity index (χ0v) is 12.3. The first-order valence-corrected chi connectivity index (χ1v) is 7.34. The van der Waals surface area contributed by atoms with Crippen molar-refractivity contribution in [1.82, 2.24) is 0 Å². The summed E-state index contributed by atoms with van der Waals surface area (Å²) in [4.78, 5) is 11.9. The van der Waals surface area contributed by atoms with Crippen molar-refractivity contribution in [2.45, 2.75) is 19.5 Å². The van der Waals surface area contributed by atoms with E-state index in [0.717, 1.165) is 31.6 Å². The molecule has 0 bridgehead atoms. The smallest absolute Gasteiger partial charge is 0.270 e. The van der Waals surface area contributed by atoms with E-state index in [9.17, 15) is 10.1 Å². The number of non-ortho nitro benzene ring substituents is 1. The zero-order valence-electron chi connectivity index (χ0n) is 11.5. The second kappa shape index (κ2) is 5.84. The van der Waals surface area contributed by atoms with Crippen LogP contribution in [0.3, 0.4) is 0 Å². The lowest BCUT2D eigenvalue weighted by Crippen LogP contribution is -3.10. The predicted octanol–water partition coefficient (Wildman–Crippen LogP) is 2.39. The van der Waals surface area contributed by atoms with Gasteiger partial charge in [-0.3, -0.25) is 10.1 Å². The molecule has 0 amide bonds. The molecule has 108 valence electrons. The molecule has 4 nitrogen and oxygen atoms in total. The molecule has 0 aromatic heterocycles. The van der Waals surface area contributed by atoms with Crippen LogP contribution < -0.4 is 4.90 Å².